The van der Waals surface area contributed by atoms with Crippen molar-refractivity contribution in [2.24, 2.45) is 5.92 Å². The molecule has 1 saturated carbocycles. The van der Waals surface area contributed by atoms with Crippen molar-refractivity contribution >= 4 is 11.7 Å². The smallest absolute Gasteiger partial charge is 0.196 e. The van der Waals surface area contributed by atoms with E-state index in [0.29, 0.717) is 17.6 Å². The number of ketones is 1. The number of anilines is 1. The first kappa shape index (κ1) is 11.2. The fraction of sp³-hybridized carbons (Fsp3) is 0.583. The molecule has 1 heterocycles. The molecule has 0 aliphatic heterocycles. The number of carbonyl (C=O) groups excluding carboxylic acids is 1. The Morgan fingerprint density at radius 3 is 2.75 bits per heavy atom. The average molecular weight is 223 g/mol. The van der Waals surface area contributed by atoms with E-state index in [1.807, 2.05) is 18.0 Å². The monoisotopic (exact) mass is 223 g/mol. The van der Waals surface area contributed by atoms with Crippen LogP contribution < -0.4 is 4.90 Å². The van der Waals surface area contributed by atoms with Gasteiger partial charge < -0.3 is 14.4 Å². The van der Waals surface area contributed by atoms with Crippen LogP contribution >= 0.6 is 0 Å². The van der Waals surface area contributed by atoms with Gasteiger partial charge in [0.05, 0.1) is 6.10 Å². The molecule has 1 aliphatic rings. The largest absolute Gasteiger partial charge is 0.437 e. The molecule has 0 unspecified atom stereocenters. The van der Waals surface area contributed by atoms with Crippen LogP contribution in [0.5, 0.6) is 0 Å². The molecule has 1 aromatic rings. The van der Waals surface area contributed by atoms with Gasteiger partial charge in [0.25, 0.3) is 0 Å². The minimum Gasteiger partial charge on any atom is -0.437 e. The second-order valence-electron chi connectivity index (χ2n) is 4.57. The molecule has 0 amide bonds. The Labute approximate surface area is 94.9 Å². The lowest BCUT2D eigenvalue weighted by Gasteiger charge is -2.34. The number of Topliss-reactive ketones (excluding diaryl/α,β-unsaturated/α-hetero) is 1. The Morgan fingerprint density at radius 2 is 2.25 bits per heavy atom. The lowest BCUT2D eigenvalue weighted by atomic mass is 9.82. The Hall–Kier alpha value is -1.29. The predicted octanol–water partition coefficient (Wildman–Crippen LogP) is 1.69. The lowest BCUT2D eigenvalue weighted by Crippen LogP contribution is -2.36. The molecule has 1 fully saturated rings. The van der Waals surface area contributed by atoms with Gasteiger partial charge in [0.2, 0.25) is 0 Å². The van der Waals surface area contributed by atoms with E-state index in [1.165, 1.54) is 6.92 Å². The second-order valence-corrected chi connectivity index (χ2v) is 4.57. The first-order valence-electron chi connectivity index (χ1n) is 5.56. The number of aliphatic hydroxyl groups is 1. The average Bonchev–Trinajstić information content (AvgIpc) is 2.63. The van der Waals surface area contributed by atoms with Crippen LogP contribution in [0.2, 0.25) is 0 Å². The summed E-state index contributed by atoms with van der Waals surface area (Å²) >= 11 is 0. The molecule has 0 aromatic carbocycles. The van der Waals surface area contributed by atoms with E-state index in [2.05, 4.69) is 0 Å². The first-order valence-corrected chi connectivity index (χ1v) is 5.56. The van der Waals surface area contributed by atoms with E-state index >= 15 is 0 Å². The van der Waals surface area contributed by atoms with Gasteiger partial charge in [0.1, 0.15) is 0 Å². The van der Waals surface area contributed by atoms with Gasteiger partial charge in [-0.15, -0.1) is 0 Å². The van der Waals surface area contributed by atoms with E-state index < -0.39 is 0 Å². The standard InChI is InChI=1S/C12H17NO3/c1-8(14)11-3-4-12(16-11)13(2)7-9-5-10(15)6-9/h3-4,9-10,15H,5-7H2,1-2H3. The van der Waals surface area contributed by atoms with Crippen LogP contribution in [0.1, 0.15) is 30.3 Å². The molecule has 0 saturated heterocycles. The zero-order valence-electron chi connectivity index (χ0n) is 9.64. The zero-order chi connectivity index (χ0) is 11.7. The Balaban J connectivity index is 1.92. The molecule has 0 radical (unpaired) electrons. The highest BCUT2D eigenvalue weighted by atomic mass is 16.4. The molecule has 0 bridgehead atoms. The van der Waals surface area contributed by atoms with Crippen LogP contribution in [-0.2, 0) is 0 Å². The van der Waals surface area contributed by atoms with Gasteiger partial charge in [0.15, 0.2) is 17.4 Å². The van der Waals surface area contributed by atoms with E-state index in [-0.39, 0.29) is 11.9 Å². The maximum Gasteiger partial charge on any atom is 0.196 e. The summed E-state index contributed by atoms with van der Waals surface area (Å²) in [6, 6.07) is 3.51. The summed E-state index contributed by atoms with van der Waals surface area (Å²) in [5.74, 6) is 1.59. The maximum absolute atomic E-state index is 11.1. The van der Waals surface area contributed by atoms with E-state index in [9.17, 15) is 9.90 Å². The highest BCUT2D eigenvalue weighted by molar-refractivity contribution is 5.91. The quantitative estimate of drug-likeness (QED) is 0.789. The number of rotatable bonds is 4. The molecule has 1 N–H and O–H groups in total. The Bertz CT molecular complexity index is 379. The van der Waals surface area contributed by atoms with Crippen molar-refractivity contribution < 1.29 is 14.3 Å². The molecule has 0 spiro atoms. The van der Waals surface area contributed by atoms with E-state index in [1.54, 1.807) is 6.07 Å². The predicted molar refractivity (Wildman–Crippen MR) is 60.7 cm³/mol. The molecular weight excluding hydrogens is 206 g/mol. The highest BCUT2D eigenvalue weighted by Crippen LogP contribution is 2.29. The van der Waals surface area contributed by atoms with Gasteiger partial charge in [-0.3, -0.25) is 4.79 Å². The summed E-state index contributed by atoms with van der Waals surface area (Å²) < 4.78 is 5.42. The summed E-state index contributed by atoms with van der Waals surface area (Å²) in [5.41, 5.74) is 0. The third-order valence-electron chi connectivity index (χ3n) is 3.06. The molecule has 4 heteroatoms. The van der Waals surface area contributed by atoms with Gasteiger partial charge >= 0.3 is 0 Å². The fourth-order valence-electron chi connectivity index (χ4n) is 2.05. The van der Waals surface area contributed by atoms with Gasteiger partial charge in [0, 0.05) is 26.6 Å². The zero-order valence-corrected chi connectivity index (χ0v) is 9.64. The van der Waals surface area contributed by atoms with Crippen molar-refractivity contribution in [3.8, 4) is 0 Å². The van der Waals surface area contributed by atoms with Crippen molar-refractivity contribution in [3.63, 3.8) is 0 Å². The third-order valence-corrected chi connectivity index (χ3v) is 3.06. The molecule has 4 nitrogen and oxygen atoms in total. The van der Waals surface area contributed by atoms with E-state index in [0.717, 1.165) is 19.4 Å². The number of hydrogen-bond donors (Lipinski definition) is 1. The number of furan rings is 1. The lowest BCUT2D eigenvalue weighted by molar-refractivity contribution is 0.0461. The van der Waals surface area contributed by atoms with Crippen molar-refractivity contribution in [2.45, 2.75) is 25.9 Å². The van der Waals surface area contributed by atoms with Crippen molar-refractivity contribution in [2.75, 3.05) is 18.5 Å². The van der Waals surface area contributed by atoms with Crippen LogP contribution in [-0.4, -0.2) is 30.6 Å². The minimum atomic E-state index is -0.122. The highest BCUT2D eigenvalue weighted by Gasteiger charge is 2.28. The maximum atomic E-state index is 11.1. The van der Waals surface area contributed by atoms with Gasteiger partial charge in [-0.1, -0.05) is 0 Å². The molecule has 1 aliphatic carbocycles. The van der Waals surface area contributed by atoms with Crippen LogP contribution in [0.4, 0.5) is 5.88 Å². The number of aliphatic hydroxyl groups excluding tert-OH is 1. The molecule has 0 atom stereocenters. The second kappa shape index (κ2) is 4.29. The van der Waals surface area contributed by atoms with Gasteiger partial charge in [-0.05, 0) is 24.8 Å². The van der Waals surface area contributed by atoms with Crippen LogP contribution in [0, 0.1) is 5.92 Å². The minimum absolute atomic E-state index is 0.0567. The van der Waals surface area contributed by atoms with Gasteiger partial charge in [-0.2, -0.15) is 0 Å². The van der Waals surface area contributed by atoms with Crippen molar-refractivity contribution in [1.82, 2.24) is 0 Å². The fourth-order valence-corrected chi connectivity index (χ4v) is 2.05. The summed E-state index contributed by atoms with van der Waals surface area (Å²) in [6.45, 7) is 2.35. The summed E-state index contributed by atoms with van der Waals surface area (Å²) in [7, 11) is 1.94. The van der Waals surface area contributed by atoms with Crippen molar-refractivity contribution in [1.29, 1.82) is 0 Å². The van der Waals surface area contributed by atoms with Crippen LogP contribution in [0.3, 0.4) is 0 Å². The SMILES string of the molecule is CC(=O)c1ccc(N(C)CC2CC(O)C2)o1. The normalized spacial score (nSPS) is 23.9. The van der Waals surface area contributed by atoms with Crippen LogP contribution in [0.15, 0.2) is 16.5 Å². The number of hydrogen-bond acceptors (Lipinski definition) is 4. The number of carbonyl (C=O) groups is 1. The van der Waals surface area contributed by atoms with Crippen molar-refractivity contribution in [3.05, 3.63) is 17.9 Å². The molecule has 88 valence electrons. The Kier molecular flexibility index (Phi) is 3.01. The molecule has 16 heavy (non-hydrogen) atoms. The first-order chi connectivity index (χ1) is 7.56. The van der Waals surface area contributed by atoms with Gasteiger partial charge in [-0.25, -0.2) is 0 Å². The number of nitrogens with zero attached hydrogens (tertiary/aromatic N) is 1. The molecule has 2 rings (SSSR count). The van der Waals surface area contributed by atoms with Crippen LogP contribution in [0.25, 0.3) is 0 Å². The third kappa shape index (κ3) is 2.27. The summed E-state index contributed by atoms with van der Waals surface area (Å²) in [6.07, 6.45) is 1.61. The topological polar surface area (TPSA) is 53.7 Å². The summed E-state index contributed by atoms with van der Waals surface area (Å²) in [5, 5.41) is 9.19. The molecule has 1 aromatic heterocycles. The Morgan fingerprint density at radius 1 is 1.56 bits per heavy atom. The molecular formula is C12H17NO3. The van der Waals surface area contributed by atoms with E-state index in [4.69, 9.17) is 4.42 Å². The summed E-state index contributed by atoms with van der Waals surface area (Å²) in [4.78, 5) is 13.1.